The van der Waals surface area contributed by atoms with Gasteiger partial charge >= 0.3 is 0 Å². The molecule has 0 aliphatic heterocycles. The zero-order valence-corrected chi connectivity index (χ0v) is 11.8. The Hall–Kier alpha value is -2.12. The number of hydrogen-bond acceptors (Lipinski definition) is 6. The Bertz CT molecular complexity index is 723. The Morgan fingerprint density at radius 2 is 1.90 bits per heavy atom. The molecular formula is C13H9N3O2S2. The van der Waals surface area contributed by atoms with Gasteiger partial charge in [0.15, 0.2) is 4.34 Å². The van der Waals surface area contributed by atoms with Crippen molar-refractivity contribution in [2.75, 3.05) is 4.72 Å². The average Bonchev–Trinajstić information content (AvgIpc) is 2.88. The fraction of sp³-hybridized carbons (Fsp3) is 0. The number of rotatable bonds is 4. The van der Waals surface area contributed by atoms with E-state index >= 15 is 0 Å². The van der Waals surface area contributed by atoms with E-state index in [1.807, 2.05) is 24.3 Å². The van der Waals surface area contributed by atoms with E-state index in [9.17, 15) is 10.1 Å². The number of benzene rings is 2. The average molecular weight is 303 g/mol. The number of hydrogen-bond donors (Lipinski definition) is 1. The molecule has 7 heteroatoms. The molecule has 0 amide bonds. The lowest BCUT2D eigenvalue weighted by molar-refractivity contribution is -0.384. The van der Waals surface area contributed by atoms with Crippen LogP contribution in [0.1, 0.15) is 0 Å². The van der Waals surface area contributed by atoms with E-state index < -0.39 is 4.92 Å². The second-order valence-corrected chi connectivity index (χ2v) is 6.04. The Balaban J connectivity index is 1.71. The largest absolute Gasteiger partial charge is 0.324 e. The van der Waals surface area contributed by atoms with E-state index in [1.165, 1.54) is 24.1 Å². The van der Waals surface area contributed by atoms with Gasteiger partial charge in [-0.3, -0.25) is 10.1 Å². The Morgan fingerprint density at radius 3 is 2.60 bits per heavy atom. The van der Waals surface area contributed by atoms with E-state index in [1.54, 1.807) is 23.5 Å². The highest BCUT2D eigenvalue weighted by Crippen LogP contribution is 2.30. The molecule has 1 N–H and O–H groups in total. The Labute approximate surface area is 122 Å². The number of thiazole rings is 1. The highest BCUT2D eigenvalue weighted by atomic mass is 32.2. The van der Waals surface area contributed by atoms with Gasteiger partial charge in [-0.25, -0.2) is 4.98 Å². The molecule has 1 aromatic heterocycles. The van der Waals surface area contributed by atoms with Crippen molar-refractivity contribution in [3.63, 3.8) is 0 Å². The summed E-state index contributed by atoms with van der Waals surface area (Å²) in [6.07, 6.45) is 0. The first-order chi connectivity index (χ1) is 9.72. The topological polar surface area (TPSA) is 68.1 Å². The van der Waals surface area contributed by atoms with Crippen LogP contribution < -0.4 is 4.72 Å². The summed E-state index contributed by atoms with van der Waals surface area (Å²) in [5.41, 5.74) is 1.87. The Kier molecular flexibility index (Phi) is 3.53. The molecule has 0 atom stereocenters. The quantitative estimate of drug-likeness (QED) is 0.441. The summed E-state index contributed by atoms with van der Waals surface area (Å²) >= 11 is 3.01. The third-order valence-corrected chi connectivity index (χ3v) is 4.54. The van der Waals surface area contributed by atoms with Gasteiger partial charge < -0.3 is 4.72 Å². The maximum Gasteiger partial charge on any atom is 0.269 e. The fourth-order valence-corrected chi connectivity index (χ4v) is 3.39. The second kappa shape index (κ2) is 5.48. The molecule has 0 unspecified atom stereocenters. The summed E-state index contributed by atoms with van der Waals surface area (Å²) in [7, 11) is 0. The number of nitro benzene ring substituents is 1. The summed E-state index contributed by atoms with van der Waals surface area (Å²) in [5, 5.41) is 10.6. The molecule has 1 heterocycles. The highest BCUT2D eigenvalue weighted by molar-refractivity contribution is 8.02. The molecule has 5 nitrogen and oxygen atoms in total. The predicted molar refractivity (Wildman–Crippen MR) is 82.2 cm³/mol. The van der Waals surface area contributed by atoms with Crippen molar-refractivity contribution in [3.8, 4) is 0 Å². The first kappa shape index (κ1) is 12.9. The fourth-order valence-electron chi connectivity index (χ4n) is 1.65. The minimum atomic E-state index is -0.412. The number of non-ortho nitro benzene ring substituents is 1. The van der Waals surface area contributed by atoms with E-state index in [4.69, 9.17) is 0 Å². The number of nitro groups is 1. The molecule has 0 saturated carbocycles. The SMILES string of the molecule is O=[N+]([O-])c1ccc(NSc2nc3ccccc3s2)cc1. The predicted octanol–water partition coefficient (Wildman–Crippen LogP) is 4.32. The van der Waals surface area contributed by atoms with Crippen LogP contribution in [0.2, 0.25) is 0 Å². The van der Waals surface area contributed by atoms with Crippen molar-refractivity contribution in [3.05, 3.63) is 58.6 Å². The second-order valence-electron chi connectivity index (χ2n) is 3.96. The van der Waals surface area contributed by atoms with Crippen LogP contribution in [0.25, 0.3) is 10.2 Å². The third kappa shape index (κ3) is 2.73. The third-order valence-electron chi connectivity index (χ3n) is 2.61. The van der Waals surface area contributed by atoms with Crippen LogP contribution in [-0.2, 0) is 0 Å². The number of para-hydroxylation sites is 1. The lowest BCUT2D eigenvalue weighted by Gasteiger charge is -2.01. The van der Waals surface area contributed by atoms with Gasteiger partial charge in [-0.1, -0.05) is 12.1 Å². The minimum Gasteiger partial charge on any atom is -0.324 e. The molecule has 0 spiro atoms. The molecular weight excluding hydrogens is 294 g/mol. The van der Waals surface area contributed by atoms with Crippen molar-refractivity contribution < 1.29 is 4.92 Å². The summed E-state index contributed by atoms with van der Waals surface area (Å²) in [6.45, 7) is 0. The standard InChI is InChI=1S/C13H9N3O2S2/c17-16(18)10-7-5-9(6-8-10)15-20-13-14-11-3-1-2-4-12(11)19-13/h1-8,15H. The van der Waals surface area contributed by atoms with Crippen LogP contribution in [-0.4, -0.2) is 9.91 Å². The molecule has 3 aromatic rings. The Morgan fingerprint density at radius 1 is 1.15 bits per heavy atom. The number of fused-ring (bicyclic) bond motifs is 1. The zero-order valence-electron chi connectivity index (χ0n) is 10.1. The molecule has 3 rings (SSSR count). The van der Waals surface area contributed by atoms with Crippen LogP contribution in [0.5, 0.6) is 0 Å². The zero-order chi connectivity index (χ0) is 13.9. The summed E-state index contributed by atoms with van der Waals surface area (Å²) < 4.78 is 5.18. The molecule has 2 aromatic carbocycles. The van der Waals surface area contributed by atoms with Gasteiger partial charge in [-0.05, 0) is 24.3 Å². The molecule has 0 saturated heterocycles. The molecule has 20 heavy (non-hydrogen) atoms. The van der Waals surface area contributed by atoms with Crippen molar-refractivity contribution in [2.45, 2.75) is 4.34 Å². The van der Waals surface area contributed by atoms with Crippen molar-refractivity contribution in [2.24, 2.45) is 0 Å². The van der Waals surface area contributed by atoms with Crippen molar-refractivity contribution in [1.82, 2.24) is 4.98 Å². The molecule has 0 fully saturated rings. The minimum absolute atomic E-state index is 0.0838. The number of nitrogens with one attached hydrogen (secondary N) is 1. The van der Waals surface area contributed by atoms with Crippen LogP contribution in [0.4, 0.5) is 11.4 Å². The van der Waals surface area contributed by atoms with Crippen LogP contribution in [0.15, 0.2) is 52.9 Å². The van der Waals surface area contributed by atoms with Gasteiger partial charge in [0.25, 0.3) is 5.69 Å². The van der Waals surface area contributed by atoms with E-state index in [2.05, 4.69) is 9.71 Å². The van der Waals surface area contributed by atoms with Crippen LogP contribution >= 0.6 is 23.3 Å². The van der Waals surface area contributed by atoms with Crippen molar-refractivity contribution >= 4 is 44.9 Å². The van der Waals surface area contributed by atoms with E-state index in [0.29, 0.717) is 0 Å². The van der Waals surface area contributed by atoms with Crippen LogP contribution in [0.3, 0.4) is 0 Å². The lowest BCUT2D eigenvalue weighted by atomic mass is 10.3. The van der Waals surface area contributed by atoms with Gasteiger partial charge in [-0.15, -0.1) is 11.3 Å². The van der Waals surface area contributed by atoms with Gasteiger partial charge in [0.2, 0.25) is 0 Å². The first-order valence-electron chi connectivity index (χ1n) is 5.75. The number of anilines is 1. The van der Waals surface area contributed by atoms with E-state index in [-0.39, 0.29) is 5.69 Å². The molecule has 0 bridgehead atoms. The smallest absolute Gasteiger partial charge is 0.269 e. The van der Waals surface area contributed by atoms with Crippen molar-refractivity contribution in [1.29, 1.82) is 0 Å². The van der Waals surface area contributed by atoms with Gasteiger partial charge in [0, 0.05) is 29.8 Å². The molecule has 100 valence electrons. The first-order valence-corrected chi connectivity index (χ1v) is 7.38. The van der Waals surface area contributed by atoms with Crippen LogP contribution in [0, 0.1) is 10.1 Å². The number of nitrogens with zero attached hydrogens (tertiary/aromatic N) is 2. The number of aromatic nitrogens is 1. The lowest BCUT2D eigenvalue weighted by Crippen LogP contribution is -1.89. The summed E-state index contributed by atoms with van der Waals surface area (Å²) in [6, 6.07) is 14.3. The molecule has 0 aliphatic rings. The molecule has 0 aliphatic carbocycles. The normalized spacial score (nSPS) is 10.6. The molecule has 0 radical (unpaired) electrons. The maximum atomic E-state index is 10.6. The highest BCUT2D eigenvalue weighted by Gasteiger charge is 2.06. The van der Waals surface area contributed by atoms with Gasteiger partial charge in [0.1, 0.15) is 0 Å². The van der Waals surface area contributed by atoms with Gasteiger partial charge in [0.05, 0.1) is 15.1 Å². The summed E-state index contributed by atoms with van der Waals surface area (Å²) in [4.78, 5) is 14.6. The summed E-state index contributed by atoms with van der Waals surface area (Å²) in [5.74, 6) is 0. The van der Waals surface area contributed by atoms with Gasteiger partial charge in [-0.2, -0.15) is 0 Å². The van der Waals surface area contributed by atoms with E-state index in [0.717, 1.165) is 20.2 Å². The monoisotopic (exact) mass is 303 g/mol. The maximum absolute atomic E-state index is 10.6.